The van der Waals surface area contributed by atoms with Crippen molar-refractivity contribution in [2.45, 2.75) is 50.4 Å². The molecule has 6 rings (SSSR count). The standard InChI is InChI=1S/C34H36F2N6O4/c1-45-31-5-3-2-4-30(31)39-25-8-12-41(13-9-25)32(43)24-6-7-26(38-19-24)20-42-22-34(46-33(42)44)10-14-40(15-11-34)21-27-28(35)16-23(18-37)17-29(27)36/h2-7,16-17,19,25,39H,8-15,20-22H2,1H3. The Bertz CT molecular complexity index is 1610. The number of hydrogen-bond acceptors (Lipinski definition) is 8. The third-order valence-corrected chi connectivity index (χ3v) is 9.13. The lowest BCUT2D eigenvalue weighted by Crippen LogP contribution is -2.46. The van der Waals surface area contributed by atoms with Crippen molar-refractivity contribution in [3.8, 4) is 11.8 Å². The van der Waals surface area contributed by atoms with Crippen LogP contribution in [0.25, 0.3) is 0 Å². The van der Waals surface area contributed by atoms with Crippen LogP contribution in [-0.2, 0) is 17.8 Å². The molecule has 4 heterocycles. The summed E-state index contributed by atoms with van der Waals surface area (Å²) in [4.78, 5) is 35.8. The van der Waals surface area contributed by atoms with Gasteiger partial charge in [0, 0.05) is 63.4 Å². The number of anilines is 1. The molecule has 3 saturated heterocycles. The zero-order chi connectivity index (χ0) is 32.3. The van der Waals surface area contributed by atoms with Crippen molar-refractivity contribution in [2.24, 2.45) is 0 Å². The number of carbonyl (C=O) groups is 2. The molecule has 0 bridgehead atoms. The maximum atomic E-state index is 14.4. The number of piperidine rings is 2. The molecule has 1 aromatic heterocycles. The van der Waals surface area contributed by atoms with Crippen molar-refractivity contribution in [1.29, 1.82) is 5.26 Å². The fourth-order valence-electron chi connectivity index (χ4n) is 6.47. The molecule has 3 aliphatic rings. The summed E-state index contributed by atoms with van der Waals surface area (Å²) in [5.74, 6) is -0.751. The van der Waals surface area contributed by atoms with Crippen LogP contribution < -0.4 is 10.1 Å². The van der Waals surface area contributed by atoms with Crippen LogP contribution in [0.4, 0.5) is 19.3 Å². The number of hydrogen-bond donors (Lipinski definition) is 1. The molecule has 0 saturated carbocycles. The number of nitrogens with zero attached hydrogens (tertiary/aromatic N) is 5. The summed E-state index contributed by atoms with van der Waals surface area (Å²) in [5.41, 5.74) is 1.30. The summed E-state index contributed by atoms with van der Waals surface area (Å²) in [6.45, 7) is 2.98. The van der Waals surface area contributed by atoms with Gasteiger partial charge in [-0.2, -0.15) is 5.26 Å². The van der Waals surface area contributed by atoms with Crippen molar-refractivity contribution >= 4 is 17.7 Å². The molecule has 46 heavy (non-hydrogen) atoms. The molecule has 240 valence electrons. The monoisotopic (exact) mass is 630 g/mol. The highest BCUT2D eigenvalue weighted by Gasteiger charge is 2.47. The minimum atomic E-state index is -0.738. The molecular weight excluding hydrogens is 594 g/mol. The quantitative estimate of drug-likeness (QED) is 0.373. The average Bonchev–Trinajstić information content (AvgIpc) is 3.37. The second kappa shape index (κ2) is 13.3. The van der Waals surface area contributed by atoms with Gasteiger partial charge in [-0.3, -0.25) is 19.6 Å². The summed E-state index contributed by atoms with van der Waals surface area (Å²) < 4.78 is 40.1. The summed E-state index contributed by atoms with van der Waals surface area (Å²) in [6.07, 6.45) is 3.82. The lowest BCUT2D eigenvalue weighted by Gasteiger charge is -2.37. The van der Waals surface area contributed by atoms with E-state index in [4.69, 9.17) is 14.7 Å². The third kappa shape index (κ3) is 6.74. The number of para-hydroxylation sites is 2. The van der Waals surface area contributed by atoms with Crippen LogP contribution in [0.3, 0.4) is 0 Å². The maximum Gasteiger partial charge on any atom is 0.410 e. The highest BCUT2D eigenvalue weighted by atomic mass is 19.1. The van der Waals surface area contributed by atoms with Crippen molar-refractivity contribution in [3.63, 3.8) is 0 Å². The minimum Gasteiger partial charge on any atom is -0.495 e. The number of amides is 2. The molecule has 0 unspecified atom stereocenters. The molecule has 3 aliphatic heterocycles. The minimum absolute atomic E-state index is 0.0560. The Balaban J connectivity index is 0.981. The number of halogens is 2. The van der Waals surface area contributed by atoms with Crippen LogP contribution in [0, 0.1) is 23.0 Å². The third-order valence-electron chi connectivity index (χ3n) is 9.13. The van der Waals surface area contributed by atoms with E-state index in [0.717, 1.165) is 36.4 Å². The van der Waals surface area contributed by atoms with Gasteiger partial charge in [0.2, 0.25) is 0 Å². The Morgan fingerprint density at radius 3 is 2.46 bits per heavy atom. The fraction of sp³-hybridized carbons (Fsp3) is 0.412. The Hall–Kier alpha value is -4.76. The first-order valence-corrected chi connectivity index (χ1v) is 15.5. The van der Waals surface area contributed by atoms with E-state index in [-0.39, 0.29) is 36.2 Å². The number of methoxy groups -OCH3 is 1. The Morgan fingerprint density at radius 2 is 1.80 bits per heavy atom. The lowest BCUT2D eigenvalue weighted by atomic mass is 9.91. The van der Waals surface area contributed by atoms with Gasteiger partial charge in [0.05, 0.1) is 48.8 Å². The molecule has 0 radical (unpaired) electrons. The molecule has 1 N–H and O–H groups in total. The van der Waals surface area contributed by atoms with Crippen LogP contribution in [0.2, 0.25) is 0 Å². The number of pyridine rings is 1. The van der Waals surface area contributed by atoms with Crippen LogP contribution in [0.1, 0.15) is 52.9 Å². The molecular formula is C34H36F2N6O4. The van der Waals surface area contributed by atoms with E-state index >= 15 is 0 Å². The van der Waals surface area contributed by atoms with Crippen LogP contribution in [0.5, 0.6) is 5.75 Å². The van der Waals surface area contributed by atoms with E-state index in [0.29, 0.717) is 56.8 Å². The molecule has 0 atom stereocenters. The smallest absolute Gasteiger partial charge is 0.410 e. The molecule has 3 aromatic rings. The van der Waals surface area contributed by atoms with Gasteiger partial charge in [0.25, 0.3) is 5.91 Å². The summed E-state index contributed by atoms with van der Waals surface area (Å²) in [5, 5.41) is 12.5. The van der Waals surface area contributed by atoms with Gasteiger partial charge in [0.15, 0.2) is 0 Å². The summed E-state index contributed by atoms with van der Waals surface area (Å²) >= 11 is 0. The number of rotatable bonds is 8. The van der Waals surface area contributed by atoms with Gasteiger partial charge >= 0.3 is 6.09 Å². The number of aromatic nitrogens is 1. The Labute approximate surface area is 266 Å². The van der Waals surface area contributed by atoms with E-state index in [1.165, 1.54) is 0 Å². The number of benzene rings is 2. The van der Waals surface area contributed by atoms with Gasteiger partial charge in [-0.1, -0.05) is 12.1 Å². The van der Waals surface area contributed by atoms with Crippen molar-refractivity contribution in [1.82, 2.24) is 19.7 Å². The number of nitrogens with one attached hydrogen (secondary N) is 1. The molecule has 2 amide bonds. The first-order valence-electron chi connectivity index (χ1n) is 15.5. The van der Waals surface area contributed by atoms with Gasteiger partial charge in [-0.05, 0) is 49.2 Å². The van der Waals surface area contributed by atoms with Gasteiger partial charge < -0.3 is 19.7 Å². The van der Waals surface area contributed by atoms with E-state index in [2.05, 4.69) is 10.3 Å². The zero-order valence-corrected chi connectivity index (χ0v) is 25.7. The highest BCUT2D eigenvalue weighted by Crippen LogP contribution is 2.35. The Kier molecular flexibility index (Phi) is 9.03. The largest absolute Gasteiger partial charge is 0.495 e. The average molecular weight is 631 g/mol. The second-order valence-corrected chi connectivity index (χ2v) is 12.2. The number of carbonyl (C=O) groups excluding carboxylic acids is 2. The molecule has 0 aliphatic carbocycles. The molecule has 10 nitrogen and oxygen atoms in total. The number of nitriles is 1. The predicted octanol–water partition coefficient (Wildman–Crippen LogP) is 4.94. The zero-order valence-electron chi connectivity index (χ0n) is 25.7. The SMILES string of the molecule is COc1ccccc1NC1CCN(C(=O)c2ccc(CN3CC4(CCN(Cc5c(F)cc(C#N)cc5F)CC4)OC3=O)nc2)CC1. The van der Waals surface area contributed by atoms with E-state index < -0.39 is 23.3 Å². The first kappa shape index (κ1) is 31.2. The second-order valence-electron chi connectivity index (χ2n) is 12.2. The fourth-order valence-corrected chi connectivity index (χ4v) is 6.47. The van der Waals surface area contributed by atoms with E-state index in [1.54, 1.807) is 36.4 Å². The summed E-state index contributed by atoms with van der Waals surface area (Å²) in [7, 11) is 1.65. The molecule has 2 aromatic carbocycles. The van der Waals surface area contributed by atoms with Crippen LogP contribution >= 0.6 is 0 Å². The molecule has 3 fully saturated rings. The predicted molar refractivity (Wildman–Crippen MR) is 165 cm³/mol. The topological polar surface area (TPSA) is 111 Å². The summed E-state index contributed by atoms with van der Waals surface area (Å²) in [6, 6.07) is 15.4. The van der Waals surface area contributed by atoms with Crippen molar-refractivity contribution in [2.75, 3.05) is 45.2 Å². The van der Waals surface area contributed by atoms with Crippen LogP contribution in [0.15, 0.2) is 54.7 Å². The molecule has 1 spiro atoms. The van der Waals surface area contributed by atoms with Crippen molar-refractivity contribution in [3.05, 3.63) is 88.7 Å². The maximum absolute atomic E-state index is 14.4. The number of ether oxygens (including phenoxy) is 2. The van der Waals surface area contributed by atoms with E-state index in [1.807, 2.05) is 34.1 Å². The Morgan fingerprint density at radius 1 is 1.09 bits per heavy atom. The van der Waals surface area contributed by atoms with Gasteiger partial charge in [0.1, 0.15) is 23.0 Å². The van der Waals surface area contributed by atoms with Crippen molar-refractivity contribution < 1.29 is 27.8 Å². The van der Waals surface area contributed by atoms with E-state index in [9.17, 15) is 18.4 Å². The van der Waals surface area contributed by atoms with Gasteiger partial charge in [-0.15, -0.1) is 0 Å². The van der Waals surface area contributed by atoms with Gasteiger partial charge in [-0.25, -0.2) is 13.6 Å². The highest BCUT2D eigenvalue weighted by molar-refractivity contribution is 5.94. The number of likely N-dealkylation sites (tertiary alicyclic amines) is 2. The molecule has 12 heteroatoms. The first-order chi connectivity index (χ1) is 22.3. The van der Waals surface area contributed by atoms with Crippen LogP contribution in [-0.4, -0.2) is 83.2 Å². The lowest BCUT2D eigenvalue weighted by molar-refractivity contribution is -0.00165. The normalized spacial score (nSPS) is 18.3.